The third-order valence-corrected chi connectivity index (χ3v) is 3.06. The number of aliphatic hydroxyl groups excluding tert-OH is 1. The first-order valence-corrected chi connectivity index (χ1v) is 5.40. The van der Waals surface area contributed by atoms with Gasteiger partial charge in [0, 0.05) is 19.2 Å². The Bertz CT molecular complexity index is 347. The SMILES string of the molecule is Cc1nn(C)c(C)c1CC(O)C(C)(C)C. The van der Waals surface area contributed by atoms with Crippen molar-refractivity contribution in [2.75, 3.05) is 0 Å². The second-order valence-electron chi connectivity index (χ2n) is 5.36. The summed E-state index contributed by atoms with van der Waals surface area (Å²) < 4.78 is 1.88. The summed E-state index contributed by atoms with van der Waals surface area (Å²) in [5.74, 6) is 0. The summed E-state index contributed by atoms with van der Waals surface area (Å²) in [4.78, 5) is 0. The molecule has 0 aliphatic heterocycles. The highest BCUT2D eigenvalue weighted by atomic mass is 16.3. The van der Waals surface area contributed by atoms with Crippen LogP contribution in [0, 0.1) is 19.3 Å². The molecule has 1 heterocycles. The number of rotatable bonds is 2. The minimum Gasteiger partial charge on any atom is -0.392 e. The van der Waals surface area contributed by atoms with Gasteiger partial charge >= 0.3 is 0 Å². The molecule has 0 fully saturated rings. The van der Waals surface area contributed by atoms with E-state index in [1.807, 2.05) is 25.6 Å². The van der Waals surface area contributed by atoms with E-state index in [4.69, 9.17) is 0 Å². The molecule has 0 bridgehead atoms. The van der Waals surface area contributed by atoms with Crippen LogP contribution in [0.5, 0.6) is 0 Å². The lowest BCUT2D eigenvalue weighted by molar-refractivity contribution is 0.0633. The Kier molecular flexibility index (Phi) is 3.24. The highest BCUT2D eigenvalue weighted by molar-refractivity contribution is 5.25. The first-order chi connectivity index (χ1) is 6.73. The van der Waals surface area contributed by atoms with Crippen LogP contribution in [-0.2, 0) is 13.5 Å². The third-order valence-electron chi connectivity index (χ3n) is 3.06. The Balaban J connectivity index is 2.90. The molecule has 0 aliphatic carbocycles. The van der Waals surface area contributed by atoms with Gasteiger partial charge in [-0.2, -0.15) is 5.10 Å². The summed E-state index contributed by atoms with van der Waals surface area (Å²) in [6, 6.07) is 0. The van der Waals surface area contributed by atoms with E-state index in [1.54, 1.807) is 0 Å². The molecule has 1 rings (SSSR count). The fraction of sp³-hybridized carbons (Fsp3) is 0.750. The van der Waals surface area contributed by atoms with Gasteiger partial charge in [0.1, 0.15) is 0 Å². The topological polar surface area (TPSA) is 38.0 Å². The average Bonchev–Trinajstić information content (AvgIpc) is 2.30. The summed E-state index contributed by atoms with van der Waals surface area (Å²) in [5.41, 5.74) is 3.28. The molecule has 3 heteroatoms. The van der Waals surface area contributed by atoms with Gasteiger partial charge in [-0.05, 0) is 24.8 Å². The van der Waals surface area contributed by atoms with Crippen molar-refractivity contribution in [3.05, 3.63) is 17.0 Å². The van der Waals surface area contributed by atoms with E-state index in [0.717, 1.165) is 11.4 Å². The van der Waals surface area contributed by atoms with Crippen LogP contribution in [0.3, 0.4) is 0 Å². The molecule has 0 radical (unpaired) electrons. The van der Waals surface area contributed by atoms with Crippen molar-refractivity contribution < 1.29 is 5.11 Å². The fourth-order valence-corrected chi connectivity index (χ4v) is 1.61. The molecule has 1 atom stereocenters. The highest BCUT2D eigenvalue weighted by Crippen LogP contribution is 2.24. The van der Waals surface area contributed by atoms with Crippen molar-refractivity contribution in [3.8, 4) is 0 Å². The summed E-state index contributed by atoms with van der Waals surface area (Å²) >= 11 is 0. The molecule has 1 unspecified atom stereocenters. The van der Waals surface area contributed by atoms with E-state index in [2.05, 4.69) is 25.9 Å². The lowest BCUT2D eigenvalue weighted by Gasteiger charge is -2.25. The van der Waals surface area contributed by atoms with E-state index in [-0.39, 0.29) is 11.5 Å². The summed E-state index contributed by atoms with van der Waals surface area (Å²) in [6.45, 7) is 10.2. The van der Waals surface area contributed by atoms with Crippen LogP contribution in [0.15, 0.2) is 0 Å². The average molecular weight is 210 g/mol. The standard InChI is InChI=1S/C12H22N2O/c1-8-10(9(2)14(6)13-8)7-11(15)12(3,4)5/h11,15H,7H2,1-6H3. The number of hydrogen-bond donors (Lipinski definition) is 1. The number of aromatic nitrogens is 2. The van der Waals surface area contributed by atoms with Gasteiger partial charge in [0.15, 0.2) is 0 Å². The molecule has 15 heavy (non-hydrogen) atoms. The van der Waals surface area contributed by atoms with Crippen molar-refractivity contribution >= 4 is 0 Å². The largest absolute Gasteiger partial charge is 0.392 e. The van der Waals surface area contributed by atoms with Gasteiger partial charge in [-0.3, -0.25) is 4.68 Å². The quantitative estimate of drug-likeness (QED) is 0.810. The first kappa shape index (κ1) is 12.2. The van der Waals surface area contributed by atoms with Gasteiger partial charge in [0.05, 0.1) is 11.8 Å². The van der Waals surface area contributed by atoms with Crippen molar-refractivity contribution in [3.63, 3.8) is 0 Å². The molecule has 1 aromatic rings. The van der Waals surface area contributed by atoms with E-state index in [9.17, 15) is 5.11 Å². The molecule has 0 aromatic carbocycles. The number of aliphatic hydroxyl groups is 1. The first-order valence-electron chi connectivity index (χ1n) is 5.40. The zero-order valence-corrected chi connectivity index (χ0v) is 10.6. The Morgan fingerprint density at radius 1 is 1.33 bits per heavy atom. The highest BCUT2D eigenvalue weighted by Gasteiger charge is 2.24. The molecule has 1 aromatic heterocycles. The maximum absolute atomic E-state index is 10.1. The number of nitrogens with zero attached hydrogens (tertiary/aromatic N) is 2. The van der Waals surface area contributed by atoms with E-state index >= 15 is 0 Å². The molecule has 86 valence electrons. The van der Waals surface area contributed by atoms with Crippen LogP contribution in [0.2, 0.25) is 0 Å². The van der Waals surface area contributed by atoms with Crippen LogP contribution in [0.4, 0.5) is 0 Å². The van der Waals surface area contributed by atoms with Gasteiger partial charge in [0.25, 0.3) is 0 Å². The fourth-order valence-electron chi connectivity index (χ4n) is 1.61. The lowest BCUT2D eigenvalue weighted by Crippen LogP contribution is -2.28. The Morgan fingerprint density at radius 3 is 2.20 bits per heavy atom. The maximum atomic E-state index is 10.1. The van der Waals surface area contributed by atoms with Crippen LogP contribution in [-0.4, -0.2) is 21.0 Å². The van der Waals surface area contributed by atoms with Crippen molar-refractivity contribution in [2.24, 2.45) is 12.5 Å². The molecule has 0 saturated carbocycles. The van der Waals surface area contributed by atoms with Crippen LogP contribution in [0.1, 0.15) is 37.7 Å². The molecule has 3 nitrogen and oxygen atoms in total. The van der Waals surface area contributed by atoms with Crippen LogP contribution >= 0.6 is 0 Å². The molecule has 0 amide bonds. The summed E-state index contributed by atoms with van der Waals surface area (Å²) in [6.07, 6.45) is 0.369. The smallest absolute Gasteiger partial charge is 0.0630 e. The Hall–Kier alpha value is -0.830. The Morgan fingerprint density at radius 2 is 1.87 bits per heavy atom. The summed E-state index contributed by atoms with van der Waals surface area (Å²) in [5, 5.41) is 14.4. The monoisotopic (exact) mass is 210 g/mol. The van der Waals surface area contributed by atoms with Crippen molar-refractivity contribution in [1.29, 1.82) is 0 Å². The van der Waals surface area contributed by atoms with Gasteiger partial charge < -0.3 is 5.11 Å². The van der Waals surface area contributed by atoms with Crippen LogP contribution in [0.25, 0.3) is 0 Å². The zero-order chi connectivity index (χ0) is 11.8. The van der Waals surface area contributed by atoms with E-state index in [1.165, 1.54) is 5.56 Å². The van der Waals surface area contributed by atoms with Gasteiger partial charge in [-0.25, -0.2) is 0 Å². The number of aryl methyl sites for hydroxylation is 2. The Labute approximate surface area is 92.1 Å². The van der Waals surface area contributed by atoms with Crippen molar-refractivity contribution in [2.45, 2.75) is 47.1 Å². The second-order valence-corrected chi connectivity index (χ2v) is 5.36. The van der Waals surface area contributed by atoms with E-state index < -0.39 is 0 Å². The lowest BCUT2D eigenvalue weighted by atomic mass is 9.85. The molecular formula is C12H22N2O. The minimum absolute atomic E-state index is 0.0747. The summed E-state index contributed by atoms with van der Waals surface area (Å²) in [7, 11) is 1.94. The molecule has 0 aliphatic rings. The molecule has 1 N–H and O–H groups in total. The number of hydrogen-bond acceptors (Lipinski definition) is 2. The normalized spacial score (nSPS) is 14.3. The second kappa shape index (κ2) is 3.97. The predicted octanol–water partition coefficient (Wildman–Crippen LogP) is 1.99. The molecule has 0 spiro atoms. The minimum atomic E-state index is -0.320. The zero-order valence-electron chi connectivity index (χ0n) is 10.6. The maximum Gasteiger partial charge on any atom is 0.0630 e. The van der Waals surface area contributed by atoms with Crippen LogP contribution < -0.4 is 0 Å². The van der Waals surface area contributed by atoms with Gasteiger partial charge in [-0.15, -0.1) is 0 Å². The predicted molar refractivity (Wildman–Crippen MR) is 61.8 cm³/mol. The molecular weight excluding hydrogens is 188 g/mol. The van der Waals surface area contributed by atoms with E-state index in [0.29, 0.717) is 6.42 Å². The third kappa shape index (κ3) is 2.59. The molecule has 0 saturated heterocycles. The van der Waals surface area contributed by atoms with Gasteiger partial charge in [-0.1, -0.05) is 20.8 Å². The van der Waals surface area contributed by atoms with Crippen molar-refractivity contribution in [1.82, 2.24) is 9.78 Å². The van der Waals surface area contributed by atoms with Gasteiger partial charge in [0.2, 0.25) is 0 Å².